The molecule has 0 aliphatic carbocycles. The highest BCUT2D eigenvalue weighted by Crippen LogP contribution is 2.13. The van der Waals surface area contributed by atoms with Crippen LogP contribution in [0.25, 0.3) is 0 Å². The number of methoxy groups -OCH3 is 1. The first-order valence-corrected chi connectivity index (χ1v) is 5.85. The normalized spacial score (nSPS) is 10.3. The molecule has 0 aromatic heterocycles. The van der Waals surface area contributed by atoms with E-state index in [0.717, 1.165) is 11.3 Å². The molecule has 0 saturated heterocycles. The summed E-state index contributed by atoms with van der Waals surface area (Å²) < 4.78 is 18.4. The number of ether oxygens (including phenoxy) is 1. The van der Waals surface area contributed by atoms with Gasteiger partial charge in [-0.1, -0.05) is 30.3 Å². The number of halogens is 1. The van der Waals surface area contributed by atoms with Gasteiger partial charge in [0.05, 0.1) is 6.61 Å². The minimum Gasteiger partial charge on any atom is -0.381 e. The van der Waals surface area contributed by atoms with Crippen LogP contribution in [-0.2, 0) is 17.9 Å². The van der Waals surface area contributed by atoms with E-state index in [4.69, 9.17) is 4.74 Å². The van der Waals surface area contributed by atoms with Gasteiger partial charge in [0, 0.05) is 24.9 Å². The van der Waals surface area contributed by atoms with E-state index in [1.165, 1.54) is 6.07 Å². The quantitative estimate of drug-likeness (QED) is 0.869. The molecule has 0 aliphatic heterocycles. The summed E-state index contributed by atoms with van der Waals surface area (Å²) in [6.07, 6.45) is 0. The van der Waals surface area contributed by atoms with Crippen molar-refractivity contribution in [3.05, 3.63) is 65.5 Å². The van der Waals surface area contributed by atoms with Gasteiger partial charge in [-0.25, -0.2) is 4.39 Å². The lowest BCUT2D eigenvalue weighted by atomic mass is 10.2. The first kappa shape index (κ1) is 12.6. The number of nitrogens with one attached hydrogen (secondary N) is 1. The summed E-state index contributed by atoms with van der Waals surface area (Å²) in [7, 11) is 1.67. The fourth-order valence-corrected chi connectivity index (χ4v) is 1.72. The molecule has 1 N–H and O–H groups in total. The Labute approximate surface area is 106 Å². The Balaban J connectivity index is 1.96. The van der Waals surface area contributed by atoms with Gasteiger partial charge in [0.2, 0.25) is 0 Å². The molecule has 2 aromatic rings. The Morgan fingerprint density at radius 1 is 1.06 bits per heavy atom. The predicted octanol–water partition coefficient (Wildman–Crippen LogP) is 3.58. The largest absolute Gasteiger partial charge is 0.381 e. The maximum absolute atomic E-state index is 13.4. The van der Waals surface area contributed by atoms with Crippen molar-refractivity contribution in [2.75, 3.05) is 12.4 Å². The number of hydrogen-bond acceptors (Lipinski definition) is 2. The summed E-state index contributed by atoms with van der Waals surface area (Å²) in [4.78, 5) is 0. The second-order valence-electron chi connectivity index (χ2n) is 4.07. The molecular weight excluding hydrogens is 229 g/mol. The van der Waals surface area contributed by atoms with E-state index in [1.807, 2.05) is 30.3 Å². The molecule has 0 heterocycles. The summed E-state index contributed by atoms with van der Waals surface area (Å²) in [5, 5.41) is 3.19. The summed E-state index contributed by atoms with van der Waals surface area (Å²) in [6, 6.07) is 14.7. The minimum absolute atomic E-state index is 0.180. The molecular formula is C15H16FNO. The maximum atomic E-state index is 13.4. The molecule has 0 unspecified atom stereocenters. The van der Waals surface area contributed by atoms with Crippen molar-refractivity contribution in [3.63, 3.8) is 0 Å². The Hall–Kier alpha value is -1.87. The van der Waals surface area contributed by atoms with Gasteiger partial charge in [-0.2, -0.15) is 0 Å². The number of hydrogen-bond donors (Lipinski definition) is 1. The van der Waals surface area contributed by atoms with Gasteiger partial charge in [-0.05, 0) is 23.8 Å². The lowest BCUT2D eigenvalue weighted by Gasteiger charge is -2.08. The topological polar surface area (TPSA) is 21.3 Å². The molecule has 2 aromatic carbocycles. The molecule has 0 fully saturated rings. The van der Waals surface area contributed by atoms with Gasteiger partial charge in [-0.15, -0.1) is 0 Å². The molecule has 2 rings (SSSR count). The van der Waals surface area contributed by atoms with Crippen molar-refractivity contribution in [3.8, 4) is 0 Å². The van der Waals surface area contributed by atoms with Crippen LogP contribution in [0.3, 0.4) is 0 Å². The number of rotatable bonds is 5. The Kier molecular flexibility index (Phi) is 4.31. The van der Waals surface area contributed by atoms with Crippen molar-refractivity contribution >= 4 is 5.69 Å². The Bertz CT molecular complexity index is 496. The fourth-order valence-electron chi connectivity index (χ4n) is 1.72. The van der Waals surface area contributed by atoms with Crippen molar-refractivity contribution in [1.82, 2.24) is 0 Å². The summed E-state index contributed by atoms with van der Waals surface area (Å²) >= 11 is 0. The molecule has 0 radical (unpaired) electrons. The molecule has 2 nitrogen and oxygen atoms in total. The summed E-state index contributed by atoms with van der Waals surface area (Å²) in [5.74, 6) is -0.180. The molecule has 94 valence electrons. The third kappa shape index (κ3) is 3.31. The second kappa shape index (κ2) is 6.17. The Morgan fingerprint density at radius 3 is 2.44 bits per heavy atom. The lowest BCUT2D eigenvalue weighted by molar-refractivity contribution is 0.185. The van der Waals surface area contributed by atoms with Gasteiger partial charge >= 0.3 is 0 Å². The highest BCUT2D eigenvalue weighted by molar-refractivity contribution is 5.45. The van der Waals surface area contributed by atoms with Crippen molar-refractivity contribution < 1.29 is 9.13 Å². The van der Waals surface area contributed by atoms with Crippen LogP contribution in [0.2, 0.25) is 0 Å². The first-order chi connectivity index (χ1) is 8.79. The SMILES string of the molecule is COCc1ccc(NCc2ccccc2F)cc1. The smallest absolute Gasteiger partial charge is 0.128 e. The van der Waals surface area contributed by atoms with Gasteiger partial charge < -0.3 is 10.1 Å². The molecule has 0 spiro atoms. The third-order valence-electron chi connectivity index (χ3n) is 2.71. The van der Waals surface area contributed by atoms with Crippen LogP contribution in [0.1, 0.15) is 11.1 Å². The summed E-state index contributed by atoms with van der Waals surface area (Å²) in [6.45, 7) is 1.09. The van der Waals surface area contributed by atoms with Crippen molar-refractivity contribution in [2.45, 2.75) is 13.2 Å². The molecule has 0 atom stereocenters. The molecule has 18 heavy (non-hydrogen) atoms. The van der Waals surface area contributed by atoms with E-state index < -0.39 is 0 Å². The van der Waals surface area contributed by atoms with E-state index in [0.29, 0.717) is 18.7 Å². The van der Waals surface area contributed by atoms with E-state index in [-0.39, 0.29) is 5.82 Å². The van der Waals surface area contributed by atoms with Gasteiger partial charge in [0.1, 0.15) is 5.82 Å². The highest BCUT2D eigenvalue weighted by atomic mass is 19.1. The lowest BCUT2D eigenvalue weighted by Crippen LogP contribution is -2.01. The first-order valence-electron chi connectivity index (χ1n) is 5.85. The maximum Gasteiger partial charge on any atom is 0.128 e. The van der Waals surface area contributed by atoms with Crippen LogP contribution in [0.15, 0.2) is 48.5 Å². The molecule has 0 bridgehead atoms. The average molecular weight is 245 g/mol. The summed E-state index contributed by atoms with van der Waals surface area (Å²) in [5.41, 5.74) is 2.76. The van der Waals surface area contributed by atoms with Crippen LogP contribution in [0.5, 0.6) is 0 Å². The zero-order valence-electron chi connectivity index (χ0n) is 10.3. The minimum atomic E-state index is -0.180. The van der Waals surface area contributed by atoms with Crippen LogP contribution >= 0.6 is 0 Å². The van der Waals surface area contributed by atoms with Crippen LogP contribution in [0, 0.1) is 5.82 Å². The Morgan fingerprint density at radius 2 is 1.78 bits per heavy atom. The monoisotopic (exact) mass is 245 g/mol. The van der Waals surface area contributed by atoms with Crippen LogP contribution in [-0.4, -0.2) is 7.11 Å². The van der Waals surface area contributed by atoms with Gasteiger partial charge in [-0.3, -0.25) is 0 Å². The standard InChI is InChI=1S/C15H16FNO/c1-18-11-12-6-8-14(9-7-12)17-10-13-4-2-3-5-15(13)16/h2-9,17H,10-11H2,1H3. The molecule has 0 amide bonds. The van der Waals surface area contributed by atoms with E-state index in [9.17, 15) is 4.39 Å². The number of benzene rings is 2. The second-order valence-corrected chi connectivity index (χ2v) is 4.07. The fraction of sp³-hybridized carbons (Fsp3) is 0.200. The highest BCUT2D eigenvalue weighted by Gasteiger charge is 2.00. The molecule has 0 saturated carbocycles. The average Bonchev–Trinajstić information content (AvgIpc) is 2.40. The molecule has 0 aliphatic rings. The van der Waals surface area contributed by atoms with Crippen LogP contribution in [0.4, 0.5) is 10.1 Å². The van der Waals surface area contributed by atoms with Crippen LogP contribution < -0.4 is 5.32 Å². The number of anilines is 1. The predicted molar refractivity (Wildman–Crippen MR) is 70.9 cm³/mol. The van der Waals surface area contributed by atoms with Crippen molar-refractivity contribution in [1.29, 1.82) is 0 Å². The molecule has 3 heteroatoms. The van der Waals surface area contributed by atoms with E-state index in [2.05, 4.69) is 5.32 Å². The van der Waals surface area contributed by atoms with Crippen molar-refractivity contribution in [2.24, 2.45) is 0 Å². The van der Waals surface area contributed by atoms with E-state index in [1.54, 1.807) is 19.2 Å². The third-order valence-corrected chi connectivity index (χ3v) is 2.71. The van der Waals surface area contributed by atoms with E-state index >= 15 is 0 Å². The zero-order chi connectivity index (χ0) is 12.8. The van der Waals surface area contributed by atoms with Gasteiger partial charge in [0.25, 0.3) is 0 Å². The zero-order valence-corrected chi connectivity index (χ0v) is 10.3. The van der Waals surface area contributed by atoms with Gasteiger partial charge in [0.15, 0.2) is 0 Å².